The molecule has 82 valence electrons. The van der Waals surface area contributed by atoms with E-state index in [4.69, 9.17) is 0 Å². The smallest absolute Gasteiger partial charge is 0.140 e. The van der Waals surface area contributed by atoms with Crippen molar-refractivity contribution in [1.82, 2.24) is 9.97 Å². The van der Waals surface area contributed by atoms with Gasteiger partial charge in [0.1, 0.15) is 18.0 Å². The molecule has 0 N–H and O–H groups in total. The number of hydrogen-bond donors (Lipinski definition) is 0. The Hall–Kier alpha value is -1.97. The first-order valence-electron chi connectivity index (χ1n) is 4.94. The van der Waals surface area contributed by atoms with Gasteiger partial charge in [0, 0.05) is 19.0 Å². The Kier molecular flexibility index (Phi) is 2.81. The molecule has 0 radical (unpaired) electrons. The summed E-state index contributed by atoms with van der Waals surface area (Å²) < 4.78 is 13.2. The fraction of sp³-hybridized carbons (Fsp3) is 0.167. The maximum absolute atomic E-state index is 13.2. The van der Waals surface area contributed by atoms with Crippen LogP contribution in [0, 0.1) is 5.82 Å². The summed E-state index contributed by atoms with van der Waals surface area (Å²) in [7, 11) is 1.88. The summed E-state index contributed by atoms with van der Waals surface area (Å²) in [5.41, 5.74) is 0.738. The first-order chi connectivity index (χ1) is 7.72. The number of benzene rings is 1. The Morgan fingerprint density at radius 2 is 2.25 bits per heavy atom. The van der Waals surface area contributed by atoms with E-state index in [2.05, 4.69) is 16.5 Å². The lowest BCUT2D eigenvalue weighted by atomic mass is 10.2. The molecule has 0 unspecified atom stereocenters. The molecular formula is C12H12FN3. The van der Waals surface area contributed by atoms with Crippen molar-refractivity contribution in [2.45, 2.75) is 0 Å². The van der Waals surface area contributed by atoms with Gasteiger partial charge < -0.3 is 4.90 Å². The lowest BCUT2D eigenvalue weighted by Crippen LogP contribution is -2.18. The highest BCUT2D eigenvalue weighted by Crippen LogP contribution is 2.22. The van der Waals surface area contributed by atoms with Crippen molar-refractivity contribution in [2.24, 2.45) is 0 Å². The fourth-order valence-corrected chi connectivity index (χ4v) is 1.60. The Balaban J connectivity index is 2.59. The van der Waals surface area contributed by atoms with E-state index in [1.54, 1.807) is 12.1 Å². The highest BCUT2D eigenvalue weighted by molar-refractivity contribution is 5.89. The monoisotopic (exact) mass is 217 g/mol. The van der Waals surface area contributed by atoms with E-state index in [0.29, 0.717) is 17.7 Å². The molecule has 1 heterocycles. The Morgan fingerprint density at radius 3 is 3.00 bits per heavy atom. The zero-order valence-corrected chi connectivity index (χ0v) is 9.02. The zero-order valence-electron chi connectivity index (χ0n) is 9.02. The van der Waals surface area contributed by atoms with Crippen LogP contribution in [-0.4, -0.2) is 23.6 Å². The highest BCUT2D eigenvalue weighted by atomic mass is 19.1. The van der Waals surface area contributed by atoms with Crippen LogP contribution in [0.1, 0.15) is 0 Å². The predicted molar refractivity (Wildman–Crippen MR) is 63.0 cm³/mol. The maximum atomic E-state index is 13.2. The van der Waals surface area contributed by atoms with E-state index >= 15 is 0 Å². The van der Waals surface area contributed by atoms with Gasteiger partial charge in [0.05, 0.1) is 5.52 Å². The molecule has 0 saturated carbocycles. The lowest BCUT2D eigenvalue weighted by molar-refractivity contribution is 0.629. The number of anilines is 1. The standard InChI is InChI=1S/C12H12FN3/c1-3-6-16(2)12-10-7-9(13)4-5-11(10)14-8-15-12/h3-5,7-8H,1,6H2,2H3. The number of aromatic nitrogens is 2. The topological polar surface area (TPSA) is 29.0 Å². The van der Waals surface area contributed by atoms with Crippen LogP contribution in [0.5, 0.6) is 0 Å². The maximum Gasteiger partial charge on any atom is 0.140 e. The predicted octanol–water partition coefficient (Wildman–Crippen LogP) is 2.39. The van der Waals surface area contributed by atoms with E-state index in [9.17, 15) is 4.39 Å². The van der Waals surface area contributed by atoms with Gasteiger partial charge >= 0.3 is 0 Å². The summed E-state index contributed by atoms with van der Waals surface area (Å²) in [5, 5.41) is 0.715. The second-order valence-corrected chi connectivity index (χ2v) is 3.53. The number of rotatable bonds is 3. The third kappa shape index (κ3) is 1.86. The summed E-state index contributed by atoms with van der Waals surface area (Å²) in [6.07, 6.45) is 3.25. The molecule has 1 aromatic heterocycles. The van der Waals surface area contributed by atoms with Gasteiger partial charge in [-0.2, -0.15) is 0 Å². The molecule has 16 heavy (non-hydrogen) atoms. The lowest BCUT2D eigenvalue weighted by Gasteiger charge is -2.17. The SMILES string of the molecule is C=CCN(C)c1ncnc2ccc(F)cc12. The largest absolute Gasteiger partial charge is 0.355 e. The molecule has 0 bridgehead atoms. The molecule has 0 spiro atoms. The molecule has 3 nitrogen and oxygen atoms in total. The van der Waals surface area contributed by atoms with Crippen LogP contribution in [-0.2, 0) is 0 Å². The van der Waals surface area contributed by atoms with Gasteiger partial charge in [0.2, 0.25) is 0 Å². The molecule has 0 amide bonds. The van der Waals surface area contributed by atoms with Crippen LogP contribution in [0.25, 0.3) is 10.9 Å². The van der Waals surface area contributed by atoms with Gasteiger partial charge in [-0.25, -0.2) is 14.4 Å². The van der Waals surface area contributed by atoms with Gasteiger partial charge in [0.15, 0.2) is 0 Å². The Bertz CT molecular complexity index is 525. The average molecular weight is 217 g/mol. The number of halogens is 1. The van der Waals surface area contributed by atoms with Crippen molar-refractivity contribution in [1.29, 1.82) is 0 Å². The molecular weight excluding hydrogens is 205 g/mol. The molecule has 0 aliphatic carbocycles. The third-order valence-electron chi connectivity index (χ3n) is 2.34. The number of likely N-dealkylation sites (N-methyl/N-ethyl adjacent to an activating group) is 1. The van der Waals surface area contributed by atoms with Gasteiger partial charge in [-0.05, 0) is 18.2 Å². The average Bonchev–Trinajstić information content (AvgIpc) is 2.28. The van der Waals surface area contributed by atoms with Crippen LogP contribution in [0.15, 0.2) is 37.2 Å². The summed E-state index contributed by atoms with van der Waals surface area (Å²) >= 11 is 0. The molecule has 0 atom stereocenters. The zero-order chi connectivity index (χ0) is 11.5. The third-order valence-corrected chi connectivity index (χ3v) is 2.34. The van der Waals surface area contributed by atoms with Crippen LogP contribution in [0.3, 0.4) is 0 Å². The quantitative estimate of drug-likeness (QED) is 0.739. The number of hydrogen-bond acceptors (Lipinski definition) is 3. The van der Waals surface area contributed by atoms with Crippen molar-refractivity contribution in [2.75, 3.05) is 18.5 Å². The minimum absolute atomic E-state index is 0.282. The van der Waals surface area contributed by atoms with E-state index < -0.39 is 0 Å². The first-order valence-corrected chi connectivity index (χ1v) is 4.94. The van der Waals surface area contributed by atoms with Crippen LogP contribution < -0.4 is 4.90 Å². The number of nitrogens with zero attached hydrogens (tertiary/aromatic N) is 3. The Morgan fingerprint density at radius 1 is 1.44 bits per heavy atom. The van der Waals surface area contributed by atoms with Gasteiger partial charge in [-0.1, -0.05) is 6.08 Å². The molecule has 0 fully saturated rings. The van der Waals surface area contributed by atoms with Crippen LogP contribution >= 0.6 is 0 Å². The van der Waals surface area contributed by atoms with Crippen LogP contribution in [0.2, 0.25) is 0 Å². The first kappa shape index (κ1) is 10.5. The number of fused-ring (bicyclic) bond motifs is 1. The fourth-order valence-electron chi connectivity index (χ4n) is 1.60. The summed E-state index contributed by atoms with van der Waals surface area (Å²) in [6, 6.07) is 4.49. The van der Waals surface area contributed by atoms with Crippen molar-refractivity contribution in [3.63, 3.8) is 0 Å². The second-order valence-electron chi connectivity index (χ2n) is 3.53. The molecule has 0 saturated heterocycles. The second kappa shape index (κ2) is 4.26. The molecule has 2 rings (SSSR count). The normalized spacial score (nSPS) is 10.4. The Labute approximate surface area is 93.2 Å². The van der Waals surface area contributed by atoms with E-state index in [-0.39, 0.29) is 5.82 Å². The highest BCUT2D eigenvalue weighted by Gasteiger charge is 2.07. The molecule has 0 aliphatic heterocycles. The minimum Gasteiger partial charge on any atom is -0.355 e. The molecule has 0 aliphatic rings. The molecule has 4 heteroatoms. The van der Waals surface area contributed by atoms with E-state index in [1.807, 2.05) is 11.9 Å². The summed E-state index contributed by atoms with van der Waals surface area (Å²) in [6.45, 7) is 4.32. The van der Waals surface area contributed by atoms with Gasteiger partial charge in [-0.3, -0.25) is 0 Å². The summed E-state index contributed by atoms with van der Waals surface area (Å²) in [4.78, 5) is 10.2. The molecule has 2 aromatic rings. The summed E-state index contributed by atoms with van der Waals surface area (Å²) in [5.74, 6) is 0.431. The van der Waals surface area contributed by atoms with Crippen molar-refractivity contribution in [3.05, 3.63) is 43.0 Å². The van der Waals surface area contributed by atoms with Gasteiger partial charge in [-0.15, -0.1) is 6.58 Å². The van der Waals surface area contributed by atoms with E-state index in [1.165, 1.54) is 18.5 Å². The van der Waals surface area contributed by atoms with Crippen molar-refractivity contribution in [3.8, 4) is 0 Å². The van der Waals surface area contributed by atoms with Crippen LogP contribution in [0.4, 0.5) is 10.2 Å². The minimum atomic E-state index is -0.282. The van der Waals surface area contributed by atoms with Crippen molar-refractivity contribution >= 4 is 16.7 Å². The van der Waals surface area contributed by atoms with Crippen molar-refractivity contribution < 1.29 is 4.39 Å². The van der Waals surface area contributed by atoms with Gasteiger partial charge in [0.25, 0.3) is 0 Å². The molecule has 1 aromatic carbocycles. The van der Waals surface area contributed by atoms with E-state index in [0.717, 1.165) is 5.52 Å².